The third kappa shape index (κ3) is 5.04. The molecule has 17 heavy (non-hydrogen) atoms. The predicted molar refractivity (Wildman–Crippen MR) is 68.6 cm³/mol. The van der Waals surface area contributed by atoms with Crippen LogP contribution in [0.4, 0.5) is 0 Å². The maximum Gasteiger partial charge on any atom is 0.220 e. The zero-order valence-corrected chi connectivity index (χ0v) is 11.3. The summed E-state index contributed by atoms with van der Waals surface area (Å²) in [7, 11) is 0. The summed E-state index contributed by atoms with van der Waals surface area (Å²) in [5, 5.41) is 2.99. The van der Waals surface area contributed by atoms with Crippen molar-refractivity contribution in [3.8, 4) is 0 Å². The maximum absolute atomic E-state index is 11.8. The standard InChI is InChI=1S/C13H26N2O2/c1-10(2)4-11(6-14)5-12(16)15-7-13(3)8-17-9-13/h10-11H,4-9,14H2,1-3H3,(H,15,16). The van der Waals surface area contributed by atoms with Gasteiger partial charge in [0.2, 0.25) is 5.91 Å². The van der Waals surface area contributed by atoms with Gasteiger partial charge in [-0.2, -0.15) is 0 Å². The Labute approximate surface area is 104 Å². The maximum atomic E-state index is 11.8. The van der Waals surface area contributed by atoms with Crippen LogP contribution in [0.15, 0.2) is 0 Å². The van der Waals surface area contributed by atoms with E-state index in [2.05, 4.69) is 26.1 Å². The van der Waals surface area contributed by atoms with Crippen LogP contribution in [0.25, 0.3) is 0 Å². The Morgan fingerprint density at radius 1 is 1.47 bits per heavy atom. The summed E-state index contributed by atoms with van der Waals surface area (Å²) < 4.78 is 5.15. The van der Waals surface area contributed by atoms with Gasteiger partial charge in [-0.15, -0.1) is 0 Å². The minimum atomic E-state index is 0.120. The third-order valence-corrected chi connectivity index (χ3v) is 3.23. The minimum Gasteiger partial charge on any atom is -0.380 e. The number of carbonyl (C=O) groups excluding carboxylic acids is 1. The molecule has 0 spiro atoms. The highest BCUT2D eigenvalue weighted by molar-refractivity contribution is 5.76. The number of rotatable bonds is 7. The number of ether oxygens (including phenoxy) is 1. The molecule has 0 aromatic rings. The fraction of sp³-hybridized carbons (Fsp3) is 0.923. The number of nitrogens with two attached hydrogens (primary N) is 1. The summed E-state index contributed by atoms with van der Waals surface area (Å²) in [6.45, 7) is 9.25. The van der Waals surface area contributed by atoms with E-state index >= 15 is 0 Å². The Morgan fingerprint density at radius 3 is 2.53 bits per heavy atom. The first-order valence-electron chi connectivity index (χ1n) is 6.50. The molecule has 1 atom stereocenters. The van der Waals surface area contributed by atoms with Gasteiger partial charge in [-0.3, -0.25) is 4.79 Å². The van der Waals surface area contributed by atoms with E-state index in [9.17, 15) is 4.79 Å². The summed E-state index contributed by atoms with van der Waals surface area (Å²) in [6.07, 6.45) is 1.57. The van der Waals surface area contributed by atoms with E-state index in [0.717, 1.165) is 19.6 Å². The Morgan fingerprint density at radius 2 is 2.12 bits per heavy atom. The van der Waals surface area contributed by atoms with Gasteiger partial charge in [-0.05, 0) is 24.8 Å². The van der Waals surface area contributed by atoms with Gasteiger partial charge in [-0.1, -0.05) is 20.8 Å². The van der Waals surface area contributed by atoms with Crippen LogP contribution in [0.5, 0.6) is 0 Å². The van der Waals surface area contributed by atoms with Crippen molar-refractivity contribution in [2.24, 2.45) is 23.0 Å². The Kier molecular flexibility index (Phi) is 5.40. The predicted octanol–water partition coefficient (Wildman–Crippen LogP) is 1.15. The van der Waals surface area contributed by atoms with Gasteiger partial charge in [0.1, 0.15) is 0 Å². The molecule has 100 valence electrons. The molecule has 1 rings (SSSR count). The highest BCUT2D eigenvalue weighted by atomic mass is 16.5. The second kappa shape index (κ2) is 6.36. The molecular weight excluding hydrogens is 216 g/mol. The van der Waals surface area contributed by atoms with E-state index < -0.39 is 0 Å². The van der Waals surface area contributed by atoms with Crippen LogP contribution in [0.1, 0.15) is 33.6 Å². The van der Waals surface area contributed by atoms with Gasteiger partial charge >= 0.3 is 0 Å². The molecule has 0 radical (unpaired) electrons. The molecule has 1 heterocycles. The Bertz CT molecular complexity index is 250. The zero-order valence-electron chi connectivity index (χ0n) is 11.3. The number of amides is 1. The molecule has 0 aliphatic carbocycles. The normalized spacial score (nSPS) is 19.8. The average molecular weight is 242 g/mol. The highest BCUT2D eigenvalue weighted by Gasteiger charge is 2.33. The van der Waals surface area contributed by atoms with Gasteiger partial charge in [-0.25, -0.2) is 0 Å². The van der Waals surface area contributed by atoms with Crippen LogP contribution in [0.3, 0.4) is 0 Å². The zero-order chi connectivity index (χ0) is 12.9. The van der Waals surface area contributed by atoms with E-state index in [1.54, 1.807) is 0 Å². The second-order valence-corrected chi connectivity index (χ2v) is 6.02. The Balaban J connectivity index is 2.22. The van der Waals surface area contributed by atoms with Crippen molar-refractivity contribution in [3.05, 3.63) is 0 Å². The SMILES string of the molecule is CC(C)CC(CN)CC(=O)NCC1(C)COC1. The summed E-state index contributed by atoms with van der Waals surface area (Å²) in [5.74, 6) is 1.02. The van der Waals surface area contributed by atoms with Crippen molar-refractivity contribution in [1.82, 2.24) is 5.32 Å². The monoisotopic (exact) mass is 242 g/mol. The van der Waals surface area contributed by atoms with Crippen LogP contribution >= 0.6 is 0 Å². The summed E-state index contributed by atoms with van der Waals surface area (Å²) in [6, 6.07) is 0. The number of hydrogen-bond donors (Lipinski definition) is 2. The first kappa shape index (κ1) is 14.5. The van der Waals surface area contributed by atoms with E-state index in [1.165, 1.54) is 0 Å². The molecule has 0 bridgehead atoms. The van der Waals surface area contributed by atoms with Crippen molar-refractivity contribution in [3.63, 3.8) is 0 Å². The lowest BCUT2D eigenvalue weighted by Crippen LogP contribution is -2.48. The molecule has 1 amide bonds. The van der Waals surface area contributed by atoms with Gasteiger partial charge in [0.15, 0.2) is 0 Å². The Hall–Kier alpha value is -0.610. The molecule has 1 aliphatic heterocycles. The smallest absolute Gasteiger partial charge is 0.220 e. The average Bonchev–Trinajstić information content (AvgIpc) is 2.22. The molecule has 4 heteroatoms. The second-order valence-electron chi connectivity index (χ2n) is 6.02. The minimum absolute atomic E-state index is 0.120. The lowest BCUT2D eigenvalue weighted by molar-refractivity contribution is -0.127. The van der Waals surface area contributed by atoms with Crippen molar-refractivity contribution < 1.29 is 9.53 Å². The van der Waals surface area contributed by atoms with Gasteiger partial charge in [0.05, 0.1) is 13.2 Å². The van der Waals surface area contributed by atoms with Crippen LogP contribution in [0, 0.1) is 17.3 Å². The molecule has 1 unspecified atom stereocenters. The number of hydrogen-bond acceptors (Lipinski definition) is 3. The topological polar surface area (TPSA) is 64.4 Å². The lowest BCUT2D eigenvalue weighted by atomic mass is 9.88. The van der Waals surface area contributed by atoms with Gasteiger partial charge in [0.25, 0.3) is 0 Å². The fourth-order valence-corrected chi connectivity index (χ4v) is 2.13. The van der Waals surface area contributed by atoms with Crippen molar-refractivity contribution in [1.29, 1.82) is 0 Å². The summed E-state index contributed by atoms with van der Waals surface area (Å²) in [4.78, 5) is 11.8. The molecule has 0 aromatic heterocycles. The first-order valence-corrected chi connectivity index (χ1v) is 6.50. The molecule has 1 aliphatic rings. The molecule has 4 nitrogen and oxygen atoms in total. The van der Waals surface area contributed by atoms with Crippen molar-refractivity contribution >= 4 is 5.91 Å². The molecule has 1 fully saturated rings. The van der Waals surface area contributed by atoms with Crippen LogP contribution in [0.2, 0.25) is 0 Å². The quantitative estimate of drug-likeness (QED) is 0.704. The lowest BCUT2D eigenvalue weighted by Gasteiger charge is -2.38. The molecule has 3 N–H and O–H groups in total. The highest BCUT2D eigenvalue weighted by Crippen LogP contribution is 2.25. The van der Waals surface area contributed by atoms with Gasteiger partial charge in [0, 0.05) is 18.4 Å². The largest absolute Gasteiger partial charge is 0.380 e. The number of nitrogens with one attached hydrogen (secondary N) is 1. The van der Waals surface area contributed by atoms with E-state index in [1.807, 2.05) is 0 Å². The van der Waals surface area contributed by atoms with Crippen molar-refractivity contribution in [2.45, 2.75) is 33.6 Å². The fourth-order valence-electron chi connectivity index (χ4n) is 2.13. The molecule has 1 saturated heterocycles. The van der Waals surface area contributed by atoms with E-state index in [-0.39, 0.29) is 11.3 Å². The van der Waals surface area contributed by atoms with E-state index in [0.29, 0.717) is 31.3 Å². The van der Waals surface area contributed by atoms with E-state index in [4.69, 9.17) is 10.5 Å². The molecular formula is C13H26N2O2. The third-order valence-electron chi connectivity index (χ3n) is 3.23. The summed E-state index contributed by atoms with van der Waals surface area (Å²) >= 11 is 0. The van der Waals surface area contributed by atoms with Crippen molar-refractivity contribution in [2.75, 3.05) is 26.3 Å². The molecule has 0 aromatic carbocycles. The van der Waals surface area contributed by atoms with Crippen LogP contribution in [-0.4, -0.2) is 32.2 Å². The summed E-state index contributed by atoms with van der Waals surface area (Å²) in [5.41, 5.74) is 5.83. The molecule has 0 saturated carbocycles. The number of carbonyl (C=O) groups is 1. The van der Waals surface area contributed by atoms with Crippen LogP contribution in [-0.2, 0) is 9.53 Å². The van der Waals surface area contributed by atoms with Gasteiger partial charge < -0.3 is 15.8 Å². The van der Waals surface area contributed by atoms with Crippen LogP contribution < -0.4 is 11.1 Å². The first-order chi connectivity index (χ1) is 7.95.